The van der Waals surface area contributed by atoms with Gasteiger partial charge in [-0.2, -0.15) is 0 Å². The van der Waals surface area contributed by atoms with Gasteiger partial charge in [0.05, 0.1) is 7.11 Å². The second-order valence-corrected chi connectivity index (χ2v) is 5.01. The molecule has 1 aliphatic rings. The number of rotatable bonds is 4. The number of hydrogen-bond acceptors (Lipinski definition) is 2. The quantitative estimate of drug-likeness (QED) is 0.863. The number of nitrogens with one attached hydrogen (secondary N) is 1. The third-order valence-electron chi connectivity index (χ3n) is 3.80. The number of hydrogen-bond donors (Lipinski definition) is 1. The van der Waals surface area contributed by atoms with Crippen molar-refractivity contribution in [2.75, 3.05) is 13.7 Å². The average Bonchev–Trinajstić information content (AvgIpc) is 2.39. The minimum atomic E-state index is 0.640. The van der Waals surface area contributed by atoms with Gasteiger partial charge in [-0.1, -0.05) is 25.5 Å². The fourth-order valence-corrected chi connectivity index (χ4v) is 2.71. The molecule has 0 radical (unpaired) electrons. The Kier molecular flexibility index (Phi) is 4.43. The highest BCUT2D eigenvalue weighted by atomic mass is 16.5. The van der Waals surface area contributed by atoms with Gasteiger partial charge in [-0.3, -0.25) is 0 Å². The molecule has 1 N–H and O–H groups in total. The maximum atomic E-state index is 5.27. The molecule has 17 heavy (non-hydrogen) atoms. The maximum absolute atomic E-state index is 5.27. The van der Waals surface area contributed by atoms with Crippen LogP contribution in [-0.2, 0) is 6.42 Å². The molecule has 2 heteroatoms. The molecule has 1 saturated heterocycles. The van der Waals surface area contributed by atoms with E-state index >= 15 is 0 Å². The third kappa shape index (κ3) is 3.47. The summed E-state index contributed by atoms with van der Waals surface area (Å²) >= 11 is 0. The van der Waals surface area contributed by atoms with E-state index in [9.17, 15) is 0 Å². The molecule has 2 unspecified atom stereocenters. The minimum Gasteiger partial charge on any atom is -0.497 e. The first kappa shape index (κ1) is 12.4. The highest BCUT2D eigenvalue weighted by Gasteiger charge is 2.20. The van der Waals surface area contributed by atoms with Gasteiger partial charge in [-0.05, 0) is 49.4 Å². The van der Waals surface area contributed by atoms with Gasteiger partial charge in [0.1, 0.15) is 5.75 Å². The first-order valence-corrected chi connectivity index (χ1v) is 6.68. The third-order valence-corrected chi connectivity index (χ3v) is 3.80. The molecule has 0 amide bonds. The van der Waals surface area contributed by atoms with Crippen LogP contribution in [0.2, 0.25) is 0 Å². The Morgan fingerprint density at radius 2 is 2.29 bits per heavy atom. The van der Waals surface area contributed by atoms with Crippen LogP contribution in [0.15, 0.2) is 24.3 Å². The van der Waals surface area contributed by atoms with E-state index < -0.39 is 0 Å². The van der Waals surface area contributed by atoms with Crippen LogP contribution >= 0.6 is 0 Å². The van der Waals surface area contributed by atoms with Gasteiger partial charge in [-0.15, -0.1) is 0 Å². The van der Waals surface area contributed by atoms with Crippen molar-refractivity contribution in [2.24, 2.45) is 5.92 Å². The van der Waals surface area contributed by atoms with Crippen molar-refractivity contribution in [3.8, 4) is 5.75 Å². The summed E-state index contributed by atoms with van der Waals surface area (Å²) in [5.41, 5.74) is 1.37. The standard InChI is InChI=1S/C15H23NO/c1-3-12-7-8-16-14(9-12)10-13-5-4-6-15(11-13)17-2/h4-6,11-12,14,16H,3,7-10H2,1-2H3. The summed E-state index contributed by atoms with van der Waals surface area (Å²) in [5.74, 6) is 1.87. The van der Waals surface area contributed by atoms with Gasteiger partial charge >= 0.3 is 0 Å². The van der Waals surface area contributed by atoms with Gasteiger partial charge < -0.3 is 10.1 Å². The minimum absolute atomic E-state index is 0.640. The molecule has 1 aromatic rings. The zero-order valence-electron chi connectivity index (χ0n) is 10.9. The number of ether oxygens (including phenoxy) is 1. The summed E-state index contributed by atoms with van der Waals surface area (Å²) < 4.78 is 5.27. The zero-order valence-corrected chi connectivity index (χ0v) is 10.9. The van der Waals surface area contributed by atoms with Crippen molar-refractivity contribution in [1.82, 2.24) is 5.32 Å². The Morgan fingerprint density at radius 1 is 1.41 bits per heavy atom. The summed E-state index contributed by atoms with van der Waals surface area (Å²) in [5, 5.41) is 3.63. The molecule has 1 fully saturated rings. The highest BCUT2D eigenvalue weighted by Crippen LogP contribution is 2.22. The van der Waals surface area contributed by atoms with Gasteiger partial charge in [-0.25, -0.2) is 0 Å². The van der Waals surface area contributed by atoms with Crippen molar-refractivity contribution in [3.05, 3.63) is 29.8 Å². The van der Waals surface area contributed by atoms with E-state index in [0.29, 0.717) is 6.04 Å². The Morgan fingerprint density at radius 3 is 3.06 bits per heavy atom. The van der Waals surface area contributed by atoms with Crippen LogP contribution in [0.1, 0.15) is 31.7 Å². The van der Waals surface area contributed by atoms with Crippen molar-refractivity contribution < 1.29 is 4.74 Å². The molecule has 0 spiro atoms. The molecule has 2 rings (SSSR count). The van der Waals surface area contributed by atoms with Gasteiger partial charge in [0, 0.05) is 6.04 Å². The van der Waals surface area contributed by atoms with Gasteiger partial charge in [0.15, 0.2) is 0 Å². The zero-order chi connectivity index (χ0) is 12.1. The second kappa shape index (κ2) is 6.06. The van der Waals surface area contributed by atoms with Crippen LogP contribution in [0.5, 0.6) is 5.75 Å². The fourth-order valence-electron chi connectivity index (χ4n) is 2.71. The molecule has 2 atom stereocenters. The predicted molar refractivity (Wildman–Crippen MR) is 71.5 cm³/mol. The summed E-state index contributed by atoms with van der Waals surface area (Å²) in [7, 11) is 1.73. The monoisotopic (exact) mass is 233 g/mol. The van der Waals surface area contributed by atoms with E-state index in [1.54, 1.807) is 7.11 Å². The van der Waals surface area contributed by atoms with E-state index in [4.69, 9.17) is 4.74 Å². The number of piperidine rings is 1. The fraction of sp³-hybridized carbons (Fsp3) is 0.600. The maximum Gasteiger partial charge on any atom is 0.119 e. The van der Waals surface area contributed by atoms with Crippen LogP contribution in [-0.4, -0.2) is 19.7 Å². The normalized spacial score (nSPS) is 24.6. The topological polar surface area (TPSA) is 21.3 Å². The first-order valence-electron chi connectivity index (χ1n) is 6.68. The lowest BCUT2D eigenvalue weighted by Gasteiger charge is -2.29. The molecule has 0 saturated carbocycles. The van der Waals surface area contributed by atoms with Crippen LogP contribution < -0.4 is 10.1 Å². The van der Waals surface area contributed by atoms with Crippen molar-refractivity contribution >= 4 is 0 Å². The largest absolute Gasteiger partial charge is 0.497 e. The van der Waals surface area contributed by atoms with E-state index in [0.717, 1.165) is 18.1 Å². The molecule has 94 valence electrons. The first-order chi connectivity index (χ1) is 8.31. The molecule has 0 aromatic heterocycles. The highest BCUT2D eigenvalue weighted by molar-refractivity contribution is 5.29. The molecule has 0 aliphatic carbocycles. The van der Waals surface area contributed by atoms with Crippen molar-refractivity contribution in [2.45, 2.75) is 38.6 Å². The van der Waals surface area contributed by atoms with E-state index in [2.05, 4.69) is 30.4 Å². The smallest absolute Gasteiger partial charge is 0.119 e. The van der Waals surface area contributed by atoms with E-state index in [1.807, 2.05) is 6.07 Å². The number of methoxy groups -OCH3 is 1. The average molecular weight is 233 g/mol. The van der Waals surface area contributed by atoms with E-state index in [-0.39, 0.29) is 0 Å². The predicted octanol–water partition coefficient (Wildman–Crippen LogP) is 3.02. The lowest BCUT2D eigenvalue weighted by molar-refractivity contribution is 0.294. The lowest BCUT2D eigenvalue weighted by Crippen LogP contribution is -2.39. The van der Waals surface area contributed by atoms with Gasteiger partial charge in [0.2, 0.25) is 0 Å². The Balaban J connectivity index is 1.95. The molecule has 1 aromatic carbocycles. The van der Waals surface area contributed by atoms with E-state index in [1.165, 1.54) is 31.4 Å². The summed E-state index contributed by atoms with van der Waals surface area (Å²) in [4.78, 5) is 0. The van der Waals surface area contributed by atoms with Crippen molar-refractivity contribution in [1.29, 1.82) is 0 Å². The Bertz CT molecular complexity index is 351. The Labute approximate surface area is 104 Å². The summed E-state index contributed by atoms with van der Waals surface area (Å²) in [6.45, 7) is 3.48. The van der Waals surface area contributed by atoms with Crippen LogP contribution in [0.4, 0.5) is 0 Å². The molecule has 2 nitrogen and oxygen atoms in total. The SMILES string of the molecule is CCC1CCNC(Cc2cccc(OC)c2)C1. The van der Waals surface area contributed by atoms with Crippen LogP contribution in [0, 0.1) is 5.92 Å². The lowest BCUT2D eigenvalue weighted by atomic mass is 9.87. The summed E-state index contributed by atoms with van der Waals surface area (Å²) in [6.07, 6.45) is 5.09. The van der Waals surface area contributed by atoms with Crippen molar-refractivity contribution in [3.63, 3.8) is 0 Å². The second-order valence-electron chi connectivity index (χ2n) is 5.01. The molecule has 0 bridgehead atoms. The molecular weight excluding hydrogens is 210 g/mol. The summed E-state index contributed by atoms with van der Waals surface area (Å²) in [6, 6.07) is 9.07. The number of benzene rings is 1. The molecule has 1 heterocycles. The molecule has 1 aliphatic heterocycles. The van der Waals surface area contributed by atoms with Gasteiger partial charge in [0.25, 0.3) is 0 Å². The van der Waals surface area contributed by atoms with Crippen LogP contribution in [0.3, 0.4) is 0 Å². The van der Waals surface area contributed by atoms with Crippen LogP contribution in [0.25, 0.3) is 0 Å². The Hall–Kier alpha value is -1.02. The molecular formula is C15H23NO.